The van der Waals surface area contributed by atoms with Crippen LogP contribution >= 0.6 is 0 Å². The van der Waals surface area contributed by atoms with Crippen LogP contribution in [0.5, 0.6) is 0 Å². The molecular formula is C10H20NO3+. The van der Waals surface area contributed by atoms with Crippen molar-refractivity contribution in [1.82, 2.24) is 0 Å². The highest BCUT2D eigenvalue weighted by atomic mass is 16.7. The lowest BCUT2D eigenvalue weighted by molar-refractivity contribution is -1.06. The summed E-state index contributed by atoms with van der Waals surface area (Å²) in [6.07, 6.45) is 0.703. The Morgan fingerprint density at radius 2 is 1.86 bits per heavy atom. The molecule has 0 aliphatic rings. The van der Waals surface area contributed by atoms with Gasteiger partial charge in [-0.3, -0.25) is 0 Å². The Kier molecular flexibility index (Phi) is 5.42. The van der Waals surface area contributed by atoms with Gasteiger partial charge in [-0.2, -0.15) is 4.65 Å². The van der Waals surface area contributed by atoms with E-state index in [1.807, 2.05) is 21.1 Å². The molecule has 14 heavy (non-hydrogen) atoms. The molecule has 0 amide bonds. The van der Waals surface area contributed by atoms with Crippen LogP contribution in [0.3, 0.4) is 0 Å². The summed E-state index contributed by atoms with van der Waals surface area (Å²) in [5.74, 6) is -0.338. The Morgan fingerprint density at radius 1 is 1.29 bits per heavy atom. The lowest BCUT2D eigenvalue weighted by Gasteiger charge is -2.20. The number of ether oxygens (including phenoxy) is 1. The topological polar surface area (TPSA) is 35.5 Å². The van der Waals surface area contributed by atoms with Gasteiger partial charge in [-0.05, 0) is 6.92 Å². The third-order valence-electron chi connectivity index (χ3n) is 1.35. The van der Waals surface area contributed by atoms with Gasteiger partial charge in [0.2, 0.25) is 0 Å². The lowest BCUT2D eigenvalue weighted by Crippen LogP contribution is -2.34. The van der Waals surface area contributed by atoms with Crippen LogP contribution in [0.25, 0.3) is 0 Å². The highest BCUT2D eigenvalue weighted by Crippen LogP contribution is 1.96. The molecule has 0 N–H and O–H groups in total. The molecule has 0 bridgehead atoms. The van der Waals surface area contributed by atoms with Crippen LogP contribution in [0.1, 0.15) is 13.3 Å². The molecule has 4 nitrogen and oxygen atoms in total. The van der Waals surface area contributed by atoms with Crippen molar-refractivity contribution in [2.24, 2.45) is 0 Å². The highest BCUT2D eigenvalue weighted by molar-refractivity contribution is 5.86. The van der Waals surface area contributed by atoms with Crippen molar-refractivity contribution in [1.29, 1.82) is 0 Å². The summed E-state index contributed by atoms with van der Waals surface area (Å²) in [6.45, 7) is 6.07. The first-order valence-electron chi connectivity index (χ1n) is 4.61. The fourth-order valence-electron chi connectivity index (χ4n) is 0.685. The summed E-state index contributed by atoms with van der Waals surface area (Å²) >= 11 is 0. The molecule has 0 fully saturated rings. The number of quaternary nitrogens is 1. The summed E-state index contributed by atoms with van der Waals surface area (Å²) in [5, 5.41) is 0. The van der Waals surface area contributed by atoms with Gasteiger partial charge in [0.15, 0.2) is 0 Å². The summed E-state index contributed by atoms with van der Waals surface area (Å²) < 4.78 is 5.35. The van der Waals surface area contributed by atoms with Crippen LogP contribution in [-0.4, -0.2) is 45.0 Å². The molecule has 0 heterocycles. The van der Waals surface area contributed by atoms with E-state index in [-0.39, 0.29) is 5.97 Å². The Balaban J connectivity index is 3.39. The predicted molar refractivity (Wildman–Crippen MR) is 54.4 cm³/mol. The number of carbonyl (C=O) groups excluding carboxylic acids is 1. The second-order valence-electron chi connectivity index (χ2n) is 3.99. The highest BCUT2D eigenvalue weighted by Gasteiger charge is 2.07. The molecule has 4 heteroatoms. The second kappa shape index (κ2) is 5.78. The normalized spacial score (nSPS) is 11.1. The van der Waals surface area contributed by atoms with Gasteiger partial charge >= 0.3 is 5.97 Å². The number of hydrogen-bond donors (Lipinski definition) is 0. The standard InChI is InChI=1S/C10H20NO3/c1-9(2)10(12)13-7-6-8-14-11(3,4)5/h1,6-8H2,2-5H3/q+1. The smallest absolute Gasteiger partial charge is 0.333 e. The molecule has 0 aliphatic carbocycles. The molecule has 0 atom stereocenters. The van der Waals surface area contributed by atoms with Crippen molar-refractivity contribution < 1.29 is 19.0 Å². The SMILES string of the molecule is C=C(C)C(=O)OCCCO[N+](C)(C)C. The van der Waals surface area contributed by atoms with Crippen molar-refractivity contribution in [2.45, 2.75) is 13.3 Å². The van der Waals surface area contributed by atoms with Gasteiger partial charge in [0.05, 0.1) is 27.7 Å². The van der Waals surface area contributed by atoms with Crippen molar-refractivity contribution in [2.75, 3.05) is 34.4 Å². The van der Waals surface area contributed by atoms with Crippen molar-refractivity contribution in [3.05, 3.63) is 12.2 Å². The van der Waals surface area contributed by atoms with Gasteiger partial charge in [-0.15, -0.1) is 0 Å². The van der Waals surface area contributed by atoms with E-state index in [2.05, 4.69) is 6.58 Å². The van der Waals surface area contributed by atoms with Crippen LogP contribution in [0.4, 0.5) is 0 Å². The Morgan fingerprint density at radius 3 is 2.29 bits per heavy atom. The van der Waals surface area contributed by atoms with Crippen LogP contribution < -0.4 is 0 Å². The molecule has 0 unspecified atom stereocenters. The summed E-state index contributed by atoms with van der Waals surface area (Å²) in [7, 11) is 5.79. The molecule has 0 aliphatic heterocycles. The maximum Gasteiger partial charge on any atom is 0.333 e. The van der Waals surface area contributed by atoms with Gasteiger partial charge < -0.3 is 4.74 Å². The third kappa shape index (κ3) is 7.76. The molecular weight excluding hydrogens is 182 g/mol. The van der Waals surface area contributed by atoms with Gasteiger partial charge in [0.25, 0.3) is 0 Å². The summed E-state index contributed by atoms with van der Waals surface area (Å²) in [6, 6.07) is 0. The number of nitrogens with zero attached hydrogens (tertiary/aromatic N) is 1. The number of hydroxylamine groups is 3. The van der Waals surface area contributed by atoms with Crippen LogP contribution in [0.2, 0.25) is 0 Å². The summed E-state index contributed by atoms with van der Waals surface area (Å²) in [5.41, 5.74) is 0.428. The summed E-state index contributed by atoms with van der Waals surface area (Å²) in [4.78, 5) is 16.3. The first-order chi connectivity index (χ1) is 6.33. The van der Waals surface area contributed by atoms with E-state index >= 15 is 0 Å². The molecule has 0 spiro atoms. The molecule has 0 aromatic rings. The van der Waals surface area contributed by atoms with Crippen LogP contribution in [0, 0.1) is 0 Å². The molecule has 0 aromatic heterocycles. The Hall–Kier alpha value is -0.870. The van der Waals surface area contributed by atoms with E-state index in [0.29, 0.717) is 29.9 Å². The van der Waals surface area contributed by atoms with Gasteiger partial charge in [-0.25, -0.2) is 9.63 Å². The number of carbonyl (C=O) groups is 1. The Bertz CT molecular complexity index is 206. The zero-order chi connectivity index (χ0) is 11.2. The van der Waals surface area contributed by atoms with E-state index in [9.17, 15) is 4.79 Å². The van der Waals surface area contributed by atoms with Crippen molar-refractivity contribution >= 4 is 5.97 Å². The average molecular weight is 202 g/mol. The molecule has 0 saturated heterocycles. The lowest BCUT2D eigenvalue weighted by atomic mass is 10.4. The molecule has 0 aromatic carbocycles. The van der Waals surface area contributed by atoms with E-state index in [1.54, 1.807) is 6.92 Å². The van der Waals surface area contributed by atoms with E-state index in [0.717, 1.165) is 0 Å². The number of rotatable bonds is 6. The van der Waals surface area contributed by atoms with Crippen molar-refractivity contribution in [3.63, 3.8) is 0 Å². The largest absolute Gasteiger partial charge is 0.462 e. The Labute approximate surface area is 85.6 Å². The van der Waals surface area contributed by atoms with Gasteiger partial charge in [-0.1, -0.05) is 6.58 Å². The second-order valence-corrected chi connectivity index (χ2v) is 3.99. The zero-order valence-corrected chi connectivity index (χ0v) is 9.50. The quantitative estimate of drug-likeness (QED) is 0.213. The molecule has 0 radical (unpaired) electrons. The van der Waals surface area contributed by atoms with Gasteiger partial charge in [0, 0.05) is 12.0 Å². The van der Waals surface area contributed by atoms with E-state index in [4.69, 9.17) is 9.57 Å². The van der Waals surface area contributed by atoms with Gasteiger partial charge in [0.1, 0.15) is 6.61 Å². The molecule has 0 saturated carbocycles. The molecule has 0 rings (SSSR count). The fraction of sp³-hybridized carbons (Fsp3) is 0.700. The fourth-order valence-corrected chi connectivity index (χ4v) is 0.685. The molecule has 82 valence electrons. The van der Waals surface area contributed by atoms with Crippen LogP contribution in [-0.2, 0) is 14.4 Å². The zero-order valence-electron chi connectivity index (χ0n) is 9.50. The average Bonchev–Trinajstić information content (AvgIpc) is 2.01. The first kappa shape index (κ1) is 13.1. The minimum atomic E-state index is -0.338. The number of esters is 1. The maximum atomic E-state index is 10.9. The third-order valence-corrected chi connectivity index (χ3v) is 1.35. The maximum absolute atomic E-state index is 10.9. The van der Waals surface area contributed by atoms with Crippen LogP contribution in [0.15, 0.2) is 12.2 Å². The minimum absolute atomic E-state index is 0.338. The first-order valence-corrected chi connectivity index (χ1v) is 4.61. The predicted octanol–water partition coefficient (Wildman–Crippen LogP) is 1.13. The van der Waals surface area contributed by atoms with E-state index in [1.165, 1.54) is 0 Å². The number of hydrogen-bond acceptors (Lipinski definition) is 3. The van der Waals surface area contributed by atoms with E-state index < -0.39 is 0 Å². The minimum Gasteiger partial charge on any atom is -0.462 e. The van der Waals surface area contributed by atoms with Crippen molar-refractivity contribution in [3.8, 4) is 0 Å². The monoisotopic (exact) mass is 202 g/mol.